The van der Waals surface area contributed by atoms with Crippen LogP contribution in [0.1, 0.15) is 26.7 Å². The van der Waals surface area contributed by atoms with Crippen LogP contribution >= 0.6 is 11.6 Å². The first-order chi connectivity index (χ1) is 13.1. The summed E-state index contributed by atoms with van der Waals surface area (Å²) in [5.41, 5.74) is 0. The third kappa shape index (κ3) is 5.59. The molecule has 0 unspecified atom stereocenters. The van der Waals surface area contributed by atoms with Crippen molar-refractivity contribution in [3.63, 3.8) is 0 Å². The van der Waals surface area contributed by atoms with Gasteiger partial charge in [0.15, 0.2) is 6.61 Å². The summed E-state index contributed by atoms with van der Waals surface area (Å²) in [5.74, 6) is -0.922. The lowest BCUT2D eigenvalue weighted by molar-refractivity contribution is -0.142. The highest BCUT2D eigenvalue weighted by Crippen LogP contribution is 2.30. The zero-order valence-electron chi connectivity index (χ0n) is 16.1. The fourth-order valence-corrected chi connectivity index (χ4v) is 4.73. The smallest absolute Gasteiger partial charge is 0.343 e. The van der Waals surface area contributed by atoms with Crippen LogP contribution in [0.3, 0.4) is 0 Å². The minimum atomic E-state index is -3.81. The predicted molar refractivity (Wildman–Crippen MR) is 104 cm³/mol. The van der Waals surface area contributed by atoms with Crippen molar-refractivity contribution in [3.05, 3.63) is 23.2 Å². The Balaban J connectivity index is 2.14. The summed E-state index contributed by atoms with van der Waals surface area (Å²) in [5, 5.41) is 2.90. The lowest BCUT2D eigenvalue weighted by Crippen LogP contribution is -2.46. The zero-order chi connectivity index (χ0) is 20.9. The molecular weight excluding hydrogens is 408 g/mol. The van der Waals surface area contributed by atoms with Gasteiger partial charge < -0.3 is 14.8 Å². The minimum absolute atomic E-state index is 0.00387. The maximum atomic E-state index is 13.0. The lowest BCUT2D eigenvalue weighted by Gasteiger charge is -2.31. The number of halogens is 1. The summed E-state index contributed by atoms with van der Waals surface area (Å²) in [7, 11) is -2.58. The minimum Gasteiger partial charge on any atom is -0.480 e. The van der Waals surface area contributed by atoms with E-state index >= 15 is 0 Å². The second-order valence-corrected chi connectivity index (χ2v) is 9.17. The molecule has 0 radical (unpaired) electrons. The van der Waals surface area contributed by atoms with Gasteiger partial charge in [-0.05, 0) is 44.9 Å². The molecule has 1 aromatic carbocycles. The number of carbonyl (C=O) groups excluding carboxylic acids is 2. The van der Waals surface area contributed by atoms with Crippen molar-refractivity contribution in [2.75, 3.05) is 26.8 Å². The molecule has 1 aliphatic heterocycles. The summed E-state index contributed by atoms with van der Waals surface area (Å²) < 4.78 is 37.0. The van der Waals surface area contributed by atoms with Gasteiger partial charge in [0.2, 0.25) is 15.9 Å². The first-order valence-electron chi connectivity index (χ1n) is 8.95. The monoisotopic (exact) mass is 432 g/mol. The van der Waals surface area contributed by atoms with E-state index in [-0.39, 0.29) is 46.7 Å². The van der Waals surface area contributed by atoms with Crippen LogP contribution in [-0.2, 0) is 24.3 Å². The number of carbonyl (C=O) groups is 2. The molecule has 1 amide bonds. The van der Waals surface area contributed by atoms with Crippen molar-refractivity contribution in [1.29, 1.82) is 0 Å². The molecule has 1 aromatic rings. The maximum Gasteiger partial charge on any atom is 0.343 e. The lowest BCUT2D eigenvalue weighted by atomic mass is 9.98. The average molecular weight is 433 g/mol. The average Bonchev–Trinajstić information content (AvgIpc) is 2.66. The number of nitrogens with one attached hydrogen (secondary N) is 1. The zero-order valence-corrected chi connectivity index (χ0v) is 17.7. The fourth-order valence-electron chi connectivity index (χ4n) is 2.88. The van der Waals surface area contributed by atoms with Gasteiger partial charge in [-0.15, -0.1) is 0 Å². The highest BCUT2D eigenvalue weighted by atomic mass is 35.5. The van der Waals surface area contributed by atoms with E-state index < -0.39 is 16.0 Å². The Labute approximate surface area is 170 Å². The Morgan fingerprint density at radius 2 is 2.07 bits per heavy atom. The van der Waals surface area contributed by atoms with E-state index in [1.807, 2.05) is 13.8 Å². The van der Waals surface area contributed by atoms with Gasteiger partial charge in [-0.3, -0.25) is 4.79 Å². The second kappa shape index (κ2) is 9.58. The number of methoxy groups -OCH3 is 1. The molecule has 2 rings (SSSR count). The van der Waals surface area contributed by atoms with Gasteiger partial charge in [0, 0.05) is 19.1 Å². The molecule has 1 heterocycles. The largest absolute Gasteiger partial charge is 0.480 e. The van der Waals surface area contributed by atoms with Gasteiger partial charge >= 0.3 is 5.97 Å². The van der Waals surface area contributed by atoms with Crippen LogP contribution in [0.15, 0.2) is 23.1 Å². The van der Waals surface area contributed by atoms with Crippen molar-refractivity contribution in [2.45, 2.75) is 37.6 Å². The van der Waals surface area contributed by atoms with Crippen LogP contribution in [0.25, 0.3) is 0 Å². The SMILES string of the molecule is COC(=O)COc1ccc(S(=O)(=O)N2CCC[C@@H](C(=O)NC(C)C)C2)cc1Cl. The molecule has 0 saturated carbocycles. The predicted octanol–water partition coefficient (Wildman–Crippen LogP) is 1.82. The molecule has 0 aliphatic carbocycles. The Morgan fingerprint density at radius 1 is 1.36 bits per heavy atom. The molecule has 156 valence electrons. The van der Waals surface area contributed by atoms with E-state index in [0.717, 1.165) is 0 Å². The van der Waals surface area contributed by atoms with Crippen LogP contribution in [0.2, 0.25) is 5.02 Å². The summed E-state index contributed by atoms with van der Waals surface area (Å²) in [6.07, 6.45) is 1.25. The molecule has 0 bridgehead atoms. The van der Waals surface area contributed by atoms with Gasteiger partial charge in [0.05, 0.1) is 22.9 Å². The topological polar surface area (TPSA) is 102 Å². The first kappa shape index (κ1) is 22.4. The molecule has 8 nitrogen and oxygen atoms in total. The van der Waals surface area contributed by atoms with E-state index in [4.69, 9.17) is 16.3 Å². The molecular formula is C18H25ClN2O6S. The summed E-state index contributed by atoms with van der Waals surface area (Å²) >= 11 is 6.11. The van der Waals surface area contributed by atoms with Gasteiger partial charge in [-0.2, -0.15) is 4.31 Å². The number of esters is 1. The number of hydrogen-bond donors (Lipinski definition) is 1. The normalized spacial score (nSPS) is 18.0. The number of hydrogen-bond acceptors (Lipinski definition) is 6. The van der Waals surface area contributed by atoms with Crippen LogP contribution in [0.4, 0.5) is 0 Å². The Morgan fingerprint density at radius 3 is 2.68 bits per heavy atom. The third-order valence-electron chi connectivity index (χ3n) is 4.30. The van der Waals surface area contributed by atoms with Crippen LogP contribution in [-0.4, -0.2) is 57.4 Å². The Bertz CT molecular complexity index is 827. The number of benzene rings is 1. The number of sulfonamides is 1. The van der Waals surface area contributed by atoms with Crippen LogP contribution < -0.4 is 10.1 Å². The summed E-state index contributed by atoms with van der Waals surface area (Å²) in [6.45, 7) is 3.86. The van der Waals surface area contributed by atoms with Crippen LogP contribution in [0.5, 0.6) is 5.75 Å². The maximum absolute atomic E-state index is 13.0. The molecule has 0 aromatic heterocycles. The molecule has 1 fully saturated rings. The standard InChI is InChI=1S/C18H25ClN2O6S/c1-12(2)20-18(23)13-5-4-8-21(10-13)28(24,25)14-6-7-16(15(19)9-14)27-11-17(22)26-3/h6-7,9,12-13H,4-5,8,10-11H2,1-3H3,(H,20,23)/t13-/m1/s1. The quantitative estimate of drug-likeness (QED) is 0.659. The molecule has 1 atom stereocenters. The number of nitrogens with zero attached hydrogens (tertiary/aromatic N) is 1. The number of ether oxygens (including phenoxy) is 2. The van der Waals surface area contributed by atoms with Crippen molar-refractivity contribution >= 4 is 33.5 Å². The van der Waals surface area contributed by atoms with E-state index in [9.17, 15) is 18.0 Å². The number of piperidine rings is 1. The van der Waals surface area contributed by atoms with E-state index in [1.165, 1.54) is 29.6 Å². The molecule has 1 saturated heterocycles. The molecule has 1 N–H and O–H groups in total. The Kier molecular flexibility index (Phi) is 7.68. The van der Waals surface area contributed by atoms with E-state index in [0.29, 0.717) is 19.4 Å². The van der Waals surface area contributed by atoms with Crippen LogP contribution in [0, 0.1) is 5.92 Å². The molecule has 1 aliphatic rings. The van der Waals surface area contributed by atoms with Gasteiger partial charge in [-0.25, -0.2) is 13.2 Å². The highest BCUT2D eigenvalue weighted by molar-refractivity contribution is 7.89. The second-order valence-electron chi connectivity index (χ2n) is 6.82. The van der Waals surface area contributed by atoms with Gasteiger partial charge in [0.25, 0.3) is 0 Å². The van der Waals surface area contributed by atoms with Gasteiger partial charge in [0.1, 0.15) is 5.75 Å². The summed E-state index contributed by atoms with van der Waals surface area (Å²) in [4.78, 5) is 23.4. The number of amides is 1. The molecule has 0 spiro atoms. The highest BCUT2D eigenvalue weighted by Gasteiger charge is 2.33. The van der Waals surface area contributed by atoms with Gasteiger partial charge in [-0.1, -0.05) is 11.6 Å². The van der Waals surface area contributed by atoms with Crippen molar-refractivity contribution in [2.24, 2.45) is 5.92 Å². The number of rotatable bonds is 7. The van der Waals surface area contributed by atoms with E-state index in [2.05, 4.69) is 10.1 Å². The van der Waals surface area contributed by atoms with E-state index in [1.54, 1.807) is 0 Å². The molecule has 28 heavy (non-hydrogen) atoms. The van der Waals surface area contributed by atoms with Crippen molar-refractivity contribution in [3.8, 4) is 5.75 Å². The fraction of sp³-hybridized carbons (Fsp3) is 0.556. The molecule has 10 heteroatoms. The third-order valence-corrected chi connectivity index (χ3v) is 6.46. The Hall–Kier alpha value is -1.84. The van der Waals surface area contributed by atoms with Crippen molar-refractivity contribution in [1.82, 2.24) is 9.62 Å². The first-order valence-corrected chi connectivity index (χ1v) is 10.8. The summed E-state index contributed by atoms with van der Waals surface area (Å²) in [6, 6.07) is 4.04. The van der Waals surface area contributed by atoms with Crippen molar-refractivity contribution < 1.29 is 27.5 Å².